The minimum atomic E-state index is 0.710. The Kier molecular flexibility index (Phi) is 2.91. The van der Waals surface area contributed by atoms with E-state index in [-0.39, 0.29) is 0 Å². The van der Waals surface area contributed by atoms with Gasteiger partial charge in [-0.1, -0.05) is 22.0 Å². The number of nitrogens with one attached hydrogen (secondary N) is 2. The average molecular weight is 317 g/mol. The molecule has 0 aliphatic heterocycles. The van der Waals surface area contributed by atoms with Gasteiger partial charge in [-0.2, -0.15) is 0 Å². The molecule has 1 heterocycles. The molecule has 4 N–H and O–H groups in total. The lowest BCUT2D eigenvalue weighted by Gasteiger charge is -2.07. The molecule has 0 saturated heterocycles. The van der Waals surface area contributed by atoms with E-state index in [0.717, 1.165) is 32.4 Å². The molecule has 2 aromatic carbocycles. The van der Waals surface area contributed by atoms with Crippen molar-refractivity contribution >= 4 is 44.3 Å². The summed E-state index contributed by atoms with van der Waals surface area (Å²) >= 11 is 3.52. The van der Waals surface area contributed by atoms with Crippen molar-refractivity contribution in [3.05, 3.63) is 46.4 Å². The number of nitrogens with zero attached hydrogens (tertiary/aromatic N) is 1. The number of anilines is 3. The second kappa shape index (κ2) is 4.59. The Morgan fingerprint density at radius 2 is 2.11 bits per heavy atom. The summed E-state index contributed by atoms with van der Waals surface area (Å²) < 4.78 is 1.07. The second-order valence-corrected chi connectivity index (χ2v) is 5.25. The van der Waals surface area contributed by atoms with Crippen molar-refractivity contribution < 1.29 is 0 Å². The number of H-pyrrole nitrogens is 1. The van der Waals surface area contributed by atoms with Crippen LogP contribution in [0, 0.1) is 6.92 Å². The summed E-state index contributed by atoms with van der Waals surface area (Å²) in [5.41, 5.74) is 10.5. The van der Waals surface area contributed by atoms with Gasteiger partial charge in [0.15, 0.2) is 0 Å². The standard InChI is InChI=1S/C14H13BrN4/c1-8-10(15)3-2-4-11(8)17-14-18-12-6-5-9(16)7-13(12)19-14/h2-7H,16H2,1H3,(H2,17,18,19). The van der Waals surface area contributed by atoms with Gasteiger partial charge in [0.05, 0.1) is 11.0 Å². The highest BCUT2D eigenvalue weighted by Gasteiger charge is 2.06. The Hall–Kier alpha value is -2.01. The molecule has 0 aliphatic carbocycles. The summed E-state index contributed by atoms with van der Waals surface area (Å²) in [4.78, 5) is 7.70. The smallest absolute Gasteiger partial charge is 0.205 e. The van der Waals surface area contributed by atoms with Crippen LogP contribution in [0.2, 0.25) is 0 Å². The predicted octanol–water partition coefficient (Wildman–Crippen LogP) is 3.96. The summed E-state index contributed by atoms with van der Waals surface area (Å²) in [5, 5.41) is 3.28. The molecule has 0 aliphatic rings. The van der Waals surface area contributed by atoms with Crippen molar-refractivity contribution in [2.45, 2.75) is 6.92 Å². The molecule has 0 spiro atoms. The molecule has 19 heavy (non-hydrogen) atoms. The Morgan fingerprint density at radius 1 is 1.26 bits per heavy atom. The fraction of sp³-hybridized carbons (Fsp3) is 0.0714. The summed E-state index contributed by atoms with van der Waals surface area (Å²) in [6.07, 6.45) is 0. The van der Waals surface area contributed by atoms with Gasteiger partial charge in [-0.3, -0.25) is 0 Å². The van der Waals surface area contributed by atoms with Gasteiger partial charge in [0.1, 0.15) is 0 Å². The monoisotopic (exact) mass is 316 g/mol. The van der Waals surface area contributed by atoms with Crippen LogP contribution in [0.4, 0.5) is 17.3 Å². The van der Waals surface area contributed by atoms with Crippen molar-refractivity contribution in [2.75, 3.05) is 11.1 Å². The lowest BCUT2D eigenvalue weighted by Crippen LogP contribution is -1.95. The lowest BCUT2D eigenvalue weighted by molar-refractivity contribution is 1.29. The maximum absolute atomic E-state index is 5.76. The average Bonchev–Trinajstić information content (AvgIpc) is 2.76. The highest BCUT2D eigenvalue weighted by molar-refractivity contribution is 9.10. The largest absolute Gasteiger partial charge is 0.399 e. The van der Waals surface area contributed by atoms with E-state index in [1.807, 2.05) is 43.3 Å². The van der Waals surface area contributed by atoms with Crippen LogP contribution in [0.1, 0.15) is 5.56 Å². The predicted molar refractivity (Wildman–Crippen MR) is 82.7 cm³/mol. The van der Waals surface area contributed by atoms with Crippen molar-refractivity contribution in [3.63, 3.8) is 0 Å². The van der Waals surface area contributed by atoms with E-state index in [1.54, 1.807) is 0 Å². The van der Waals surface area contributed by atoms with Crippen LogP contribution in [0.5, 0.6) is 0 Å². The number of aromatic nitrogens is 2. The van der Waals surface area contributed by atoms with Crippen LogP contribution in [-0.4, -0.2) is 9.97 Å². The van der Waals surface area contributed by atoms with E-state index in [9.17, 15) is 0 Å². The molecular formula is C14H13BrN4. The molecule has 4 nitrogen and oxygen atoms in total. The van der Waals surface area contributed by atoms with Crippen molar-refractivity contribution in [1.82, 2.24) is 9.97 Å². The van der Waals surface area contributed by atoms with Crippen LogP contribution in [-0.2, 0) is 0 Å². The van der Waals surface area contributed by atoms with Crippen molar-refractivity contribution in [1.29, 1.82) is 0 Å². The molecule has 0 bridgehead atoms. The molecule has 3 aromatic rings. The first-order chi connectivity index (χ1) is 9.13. The molecule has 0 fully saturated rings. The Balaban J connectivity index is 1.99. The lowest BCUT2D eigenvalue weighted by atomic mass is 10.2. The van der Waals surface area contributed by atoms with Gasteiger partial charge in [0.25, 0.3) is 0 Å². The molecule has 3 rings (SSSR count). The summed E-state index contributed by atoms with van der Waals surface area (Å²) in [6, 6.07) is 11.6. The highest BCUT2D eigenvalue weighted by atomic mass is 79.9. The van der Waals surface area contributed by atoms with Gasteiger partial charge in [-0.15, -0.1) is 0 Å². The van der Waals surface area contributed by atoms with E-state index >= 15 is 0 Å². The van der Waals surface area contributed by atoms with E-state index in [0.29, 0.717) is 5.95 Å². The minimum Gasteiger partial charge on any atom is -0.399 e. The van der Waals surface area contributed by atoms with Gasteiger partial charge < -0.3 is 16.0 Å². The molecule has 96 valence electrons. The van der Waals surface area contributed by atoms with E-state index in [4.69, 9.17) is 5.73 Å². The third-order valence-electron chi connectivity index (χ3n) is 3.03. The molecule has 0 amide bonds. The molecule has 1 aromatic heterocycles. The van der Waals surface area contributed by atoms with Crippen LogP contribution in [0.15, 0.2) is 40.9 Å². The maximum Gasteiger partial charge on any atom is 0.205 e. The normalized spacial score (nSPS) is 10.8. The minimum absolute atomic E-state index is 0.710. The summed E-state index contributed by atoms with van der Waals surface area (Å²) in [5.74, 6) is 0.710. The molecule has 0 unspecified atom stereocenters. The van der Waals surface area contributed by atoms with Crippen LogP contribution in [0.3, 0.4) is 0 Å². The molecule has 5 heteroatoms. The zero-order valence-electron chi connectivity index (χ0n) is 10.4. The van der Waals surface area contributed by atoms with E-state index in [2.05, 4.69) is 31.2 Å². The number of nitrogen functional groups attached to an aromatic ring is 1. The fourth-order valence-corrected chi connectivity index (χ4v) is 2.32. The number of rotatable bonds is 2. The van der Waals surface area contributed by atoms with Gasteiger partial charge in [-0.25, -0.2) is 4.98 Å². The number of benzene rings is 2. The first kappa shape index (κ1) is 12.0. The van der Waals surface area contributed by atoms with Crippen molar-refractivity contribution in [2.24, 2.45) is 0 Å². The number of fused-ring (bicyclic) bond motifs is 1. The second-order valence-electron chi connectivity index (χ2n) is 4.40. The van der Waals surface area contributed by atoms with Gasteiger partial charge >= 0.3 is 0 Å². The van der Waals surface area contributed by atoms with Gasteiger partial charge in [0.2, 0.25) is 5.95 Å². The van der Waals surface area contributed by atoms with E-state index < -0.39 is 0 Å². The zero-order chi connectivity index (χ0) is 13.4. The number of aromatic amines is 1. The SMILES string of the molecule is Cc1c(Br)cccc1Nc1nc2ccc(N)cc2[nH]1. The van der Waals surface area contributed by atoms with Crippen LogP contribution < -0.4 is 11.1 Å². The third-order valence-corrected chi connectivity index (χ3v) is 3.89. The number of halogens is 1. The number of nitrogens with two attached hydrogens (primary N) is 1. The van der Waals surface area contributed by atoms with Crippen molar-refractivity contribution in [3.8, 4) is 0 Å². The fourth-order valence-electron chi connectivity index (χ4n) is 1.96. The molecular weight excluding hydrogens is 304 g/mol. The first-order valence-electron chi connectivity index (χ1n) is 5.91. The maximum atomic E-state index is 5.76. The van der Waals surface area contributed by atoms with Crippen LogP contribution in [0.25, 0.3) is 11.0 Å². The first-order valence-corrected chi connectivity index (χ1v) is 6.70. The molecule has 0 saturated carbocycles. The number of hydrogen-bond acceptors (Lipinski definition) is 3. The molecule has 0 atom stereocenters. The Labute approximate surface area is 119 Å². The van der Waals surface area contributed by atoms with Crippen LogP contribution >= 0.6 is 15.9 Å². The van der Waals surface area contributed by atoms with E-state index in [1.165, 1.54) is 0 Å². The van der Waals surface area contributed by atoms with Gasteiger partial charge in [-0.05, 0) is 42.8 Å². The Bertz CT molecular complexity index is 748. The Morgan fingerprint density at radius 3 is 2.95 bits per heavy atom. The topological polar surface area (TPSA) is 66.7 Å². The summed E-state index contributed by atoms with van der Waals surface area (Å²) in [6.45, 7) is 2.05. The van der Waals surface area contributed by atoms with Gasteiger partial charge in [0, 0.05) is 15.8 Å². The zero-order valence-corrected chi connectivity index (χ0v) is 12.0. The summed E-state index contributed by atoms with van der Waals surface area (Å²) in [7, 11) is 0. The number of hydrogen-bond donors (Lipinski definition) is 3. The molecule has 0 radical (unpaired) electrons. The third kappa shape index (κ3) is 2.29. The quantitative estimate of drug-likeness (QED) is 0.627. The highest BCUT2D eigenvalue weighted by Crippen LogP contribution is 2.26. The number of imidazole rings is 1.